The zero-order valence-electron chi connectivity index (χ0n) is 19.7. The predicted molar refractivity (Wildman–Crippen MR) is 132 cm³/mol. The monoisotopic (exact) mass is 523 g/mol. The van der Waals surface area contributed by atoms with Crippen LogP contribution >= 0.6 is 11.6 Å². The standard InChI is InChI=1S/C26H20ClF2N5O3/c1-14-8-23(34-12-17(29)11-30-34)18-4-3-5-24(25(18)31-14)36-13-20-19(9-16(28)10-21(20)27)15(2)32-26(35)22-6-7-37-33-22/h3-12,15H,13H2,1-2H3,(H,32,35)/t15-/m0/s1. The number of benzene rings is 2. The minimum Gasteiger partial charge on any atom is -0.487 e. The van der Waals surface area contributed by atoms with Crippen LogP contribution in [0.2, 0.25) is 5.02 Å². The second kappa shape index (κ2) is 9.98. The first-order valence-electron chi connectivity index (χ1n) is 11.2. The molecule has 1 N–H and O–H groups in total. The molecular weight excluding hydrogens is 504 g/mol. The lowest BCUT2D eigenvalue weighted by Crippen LogP contribution is -2.28. The van der Waals surface area contributed by atoms with Crippen molar-refractivity contribution in [2.24, 2.45) is 0 Å². The number of carbonyl (C=O) groups is 1. The van der Waals surface area contributed by atoms with Crippen molar-refractivity contribution < 1.29 is 22.8 Å². The van der Waals surface area contributed by atoms with Crippen molar-refractivity contribution in [2.45, 2.75) is 26.5 Å². The summed E-state index contributed by atoms with van der Waals surface area (Å²) >= 11 is 6.41. The van der Waals surface area contributed by atoms with Gasteiger partial charge in [0.2, 0.25) is 0 Å². The van der Waals surface area contributed by atoms with Gasteiger partial charge in [0.1, 0.15) is 30.0 Å². The zero-order chi connectivity index (χ0) is 26.1. The SMILES string of the molecule is Cc1cc(-n2cc(F)cn2)c2cccc(OCc3c(Cl)cc(F)cc3[C@H](C)NC(=O)c3ccon3)c2n1. The fourth-order valence-electron chi connectivity index (χ4n) is 4.06. The lowest BCUT2D eigenvalue weighted by Gasteiger charge is -2.20. The van der Waals surface area contributed by atoms with Gasteiger partial charge in [0.25, 0.3) is 5.91 Å². The summed E-state index contributed by atoms with van der Waals surface area (Å²) < 4.78 is 40.2. The molecule has 0 aliphatic rings. The number of rotatable bonds is 7. The van der Waals surface area contributed by atoms with E-state index in [1.165, 1.54) is 35.3 Å². The third kappa shape index (κ3) is 5.01. The van der Waals surface area contributed by atoms with Gasteiger partial charge in [-0.3, -0.25) is 4.79 Å². The van der Waals surface area contributed by atoms with E-state index < -0.39 is 23.6 Å². The van der Waals surface area contributed by atoms with Crippen LogP contribution in [0.3, 0.4) is 0 Å². The Hall–Kier alpha value is -4.31. The highest BCUT2D eigenvalue weighted by atomic mass is 35.5. The van der Waals surface area contributed by atoms with Crippen molar-refractivity contribution in [1.82, 2.24) is 25.2 Å². The van der Waals surface area contributed by atoms with Gasteiger partial charge in [-0.2, -0.15) is 5.10 Å². The van der Waals surface area contributed by atoms with E-state index in [1.54, 1.807) is 25.1 Å². The summed E-state index contributed by atoms with van der Waals surface area (Å²) in [5.41, 5.74) is 2.90. The fraction of sp³-hybridized carbons (Fsp3) is 0.154. The molecule has 2 aromatic carbocycles. The molecule has 0 saturated carbocycles. The molecule has 0 fully saturated rings. The number of halogens is 3. The van der Waals surface area contributed by atoms with Gasteiger partial charge < -0.3 is 14.6 Å². The van der Waals surface area contributed by atoms with E-state index in [0.717, 1.165) is 6.20 Å². The van der Waals surface area contributed by atoms with E-state index in [1.807, 2.05) is 13.0 Å². The van der Waals surface area contributed by atoms with Crippen molar-refractivity contribution in [3.8, 4) is 11.4 Å². The van der Waals surface area contributed by atoms with Gasteiger partial charge in [-0.25, -0.2) is 18.4 Å². The van der Waals surface area contributed by atoms with Crippen molar-refractivity contribution >= 4 is 28.4 Å². The molecule has 5 rings (SSSR count). The van der Waals surface area contributed by atoms with Crippen molar-refractivity contribution in [1.29, 1.82) is 0 Å². The van der Waals surface area contributed by atoms with E-state index >= 15 is 0 Å². The molecule has 5 aromatic rings. The van der Waals surface area contributed by atoms with Crippen LogP contribution in [0.1, 0.15) is 40.3 Å². The Bertz CT molecular complexity index is 1600. The molecule has 8 nitrogen and oxygen atoms in total. The number of ether oxygens (including phenoxy) is 1. The summed E-state index contributed by atoms with van der Waals surface area (Å²) in [7, 11) is 0. The Morgan fingerprint density at radius 2 is 2.05 bits per heavy atom. The van der Waals surface area contributed by atoms with E-state index in [4.69, 9.17) is 20.9 Å². The van der Waals surface area contributed by atoms with Crippen LogP contribution < -0.4 is 10.1 Å². The molecule has 3 aromatic heterocycles. The maximum atomic E-state index is 14.3. The van der Waals surface area contributed by atoms with Gasteiger partial charge in [0.15, 0.2) is 11.5 Å². The largest absolute Gasteiger partial charge is 0.487 e. The number of hydrogen-bond donors (Lipinski definition) is 1. The smallest absolute Gasteiger partial charge is 0.273 e. The molecule has 3 heterocycles. The number of pyridine rings is 1. The molecule has 0 bridgehead atoms. The Balaban J connectivity index is 1.47. The summed E-state index contributed by atoms with van der Waals surface area (Å²) in [5, 5.41) is 11.3. The molecule has 0 saturated heterocycles. The van der Waals surface area contributed by atoms with Gasteiger partial charge in [-0.05, 0) is 43.7 Å². The Morgan fingerprint density at radius 1 is 1.22 bits per heavy atom. The highest BCUT2D eigenvalue weighted by Crippen LogP contribution is 2.32. The van der Waals surface area contributed by atoms with Crippen LogP contribution in [0.5, 0.6) is 5.75 Å². The minimum absolute atomic E-state index is 0.0287. The van der Waals surface area contributed by atoms with Gasteiger partial charge in [-0.15, -0.1) is 0 Å². The molecule has 1 amide bonds. The van der Waals surface area contributed by atoms with E-state index in [-0.39, 0.29) is 17.3 Å². The summed E-state index contributed by atoms with van der Waals surface area (Å²) in [6.07, 6.45) is 3.69. The molecule has 0 aliphatic heterocycles. The number of carbonyl (C=O) groups excluding carboxylic acids is 1. The number of aromatic nitrogens is 4. The number of nitrogens with zero attached hydrogens (tertiary/aromatic N) is 4. The number of nitrogens with one attached hydrogen (secondary N) is 1. The fourth-order valence-corrected chi connectivity index (χ4v) is 4.33. The van der Waals surface area contributed by atoms with Crippen LogP contribution in [0.25, 0.3) is 16.6 Å². The number of para-hydroxylation sites is 1. The summed E-state index contributed by atoms with van der Waals surface area (Å²) in [6, 6.07) is 10.5. The number of aryl methyl sites for hydroxylation is 1. The van der Waals surface area contributed by atoms with E-state index in [2.05, 4.69) is 20.6 Å². The predicted octanol–water partition coefficient (Wildman–Crippen LogP) is 5.72. The molecule has 0 aliphatic carbocycles. The average molecular weight is 524 g/mol. The average Bonchev–Trinajstić information content (AvgIpc) is 3.55. The van der Waals surface area contributed by atoms with Crippen molar-refractivity contribution in [2.75, 3.05) is 0 Å². The number of amides is 1. The zero-order valence-corrected chi connectivity index (χ0v) is 20.5. The number of hydrogen-bond acceptors (Lipinski definition) is 6. The minimum atomic E-state index is -0.620. The lowest BCUT2D eigenvalue weighted by atomic mass is 10.0. The summed E-state index contributed by atoms with van der Waals surface area (Å²) in [6.45, 7) is 3.48. The van der Waals surface area contributed by atoms with Gasteiger partial charge in [0, 0.05) is 22.7 Å². The topological polar surface area (TPSA) is 95.1 Å². The van der Waals surface area contributed by atoms with Crippen LogP contribution in [0.4, 0.5) is 8.78 Å². The molecule has 37 heavy (non-hydrogen) atoms. The molecular formula is C26H20ClF2N5O3. The second-order valence-corrected chi connectivity index (χ2v) is 8.77. The van der Waals surface area contributed by atoms with Gasteiger partial charge in [0.05, 0.1) is 29.1 Å². The first kappa shape index (κ1) is 24.4. The van der Waals surface area contributed by atoms with Crippen molar-refractivity contribution in [3.05, 3.63) is 100 Å². The van der Waals surface area contributed by atoms with Gasteiger partial charge in [-0.1, -0.05) is 28.9 Å². The van der Waals surface area contributed by atoms with Crippen LogP contribution in [0, 0.1) is 18.6 Å². The Kier molecular flexibility index (Phi) is 6.58. The first-order chi connectivity index (χ1) is 17.8. The third-order valence-corrected chi connectivity index (χ3v) is 6.10. The van der Waals surface area contributed by atoms with E-state index in [9.17, 15) is 13.6 Å². The molecule has 0 unspecified atom stereocenters. The van der Waals surface area contributed by atoms with Gasteiger partial charge >= 0.3 is 0 Å². The highest BCUT2D eigenvalue weighted by Gasteiger charge is 2.20. The molecule has 0 spiro atoms. The quantitative estimate of drug-likeness (QED) is 0.293. The Morgan fingerprint density at radius 3 is 2.78 bits per heavy atom. The van der Waals surface area contributed by atoms with Crippen LogP contribution in [-0.4, -0.2) is 25.8 Å². The maximum absolute atomic E-state index is 14.3. The lowest BCUT2D eigenvalue weighted by molar-refractivity contribution is 0.0930. The highest BCUT2D eigenvalue weighted by molar-refractivity contribution is 6.31. The molecule has 11 heteroatoms. The second-order valence-electron chi connectivity index (χ2n) is 8.36. The molecule has 1 atom stereocenters. The number of fused-ring (bicyclic) bond motifs is 1. The van der Waals surface area contributed by atoms with Crippen molar-refractivity contribution in [3.63, 3.8) is 0 Å². The van der Waals surface area contributed by atoms with E-state index in [0.29, 0.717) is 39.2 Å². The Labute approximate surface area is 214 Å². The summed E-state index contributed by atoms with van der Waals surface area (Å²) in [5.74, 6) is -1.05. The third-order valence-electron chi connectivity index (χ3n) is 5.76. The first-order valence-corrected chi connectivity index (χ1v) is 11.6. The molecule has 0 radical (unpaired) electrons. The van der Waals surface area contributed by atoms with Crippen LogP contribution in [0.15, 0.2) is 65.6 Å². The normalized spacial score (nSPS) is 12.0. The molecule has 188 valence electrons. The maximum Gasteiger partial charge on any atom is 0.273 e. The van der Waals surface area contributed by atoms with Crippen LogP contribution in [-0.2, 0) is 6.61 Å². The summed E-state index contributed by atoms with van der Waals surface area (Å²) in [4.78, 5) is 17.1.